The zero-order valence-electron chi connectivity index (χ0n) is 16.1. The van der Waals surface area contributed by atoms with E-state index in [2.05, 4.69) is 20.7 Å². The number of pyridine rings is 1. The second-order valence-electron chi connectivity index (χ2n) is 7.13. The van der Waals surface area contributed by atoms with Crippen LogP contribution in [0.1, 0.15) is 30.1 Å². The van der Waals surface area contributed by atoms with E-state index in [4.69, 9.17) is 17.3 Å². The van der Waals surface area contributed by atoms with Crippen LogP contribution in [0.4, 0.5) is 30.2 Å². The van der Waals surface area contributed by atoms with Crippen molar-refractivity contribution in [2.24, 2.45) is 0 Å². The number of nitrogens with zero attached hydrogens (tertiary/aromatic N) is 3. The minimum atomic E-state index is -4.66. The number of para-hydroxylation sites is 2. The smallest absolute Gasteiger partial charge is 0.397 e. The Bertz CT molecular complexity index is 1110. The minimum Gasteiger partial charge on any atom is -0.397 e. The molecule has 0 aliphatic heterocycles. The van der Waals surface area contributed by atoms with Crippen molar-refractivity contribution in [2.75, 3.05) is 22.9 Å². The second kappa shape index (κ2) is 8.10. The van der Waals surface area contributed by atoms with Gasteiger partial charge in [0.1, 0.15) is 0 Å². The fourth-order valence-corrected chi connectivity index (χ4v) is 3.48. The van der Waals surface area contributed by atoms with Crippen LogP contribution in [0.2, 0.25) is 5.02 Å². The Labute approximate surface area is 180 Å². The molecule has 1 aliphatic carbocycles. The summed E-state index contributed by atoms with van der Waals surface area (Å²) in [5, 5.41) is 8.86. The van der Waals surface area contributed by atoms with Crippen LogP contribution in [0, 0.1) is 0 Å². The highest BCUT2D eigenvalue weighted by Crippen LogP contribution is 2.47. The van der Waals surface area contributed by atoms with Gasteiger partial charge in [0.2, 0.25) is 5.91 Å². The molecule has 1 amide bonds. The number of benzene rings is 1. The van der Waals surface area contributed by atoms with E-state index in [9.17, 15) is 18.0 Å². The summed E-state index contributed by atoms with van der Waals surface area (Å²) >= 11 is 5.99. The van der Waals surface area contributed by atoms with Crippen LogP contribution >= 0.6 is 11.6 Å². The molecule has 1 aliphatic rings. The molecule has 1 aromatic carbocycles. The van der Waals surface area contributed by atoms with Gasteiger partial charge in [-0.1, -0.05) is 23.7 Å². The van der Waals surface area contributed by atoms with E-state index >= 15 is 0 Å². The third-order valence-corrected chi connectivity index (χ3v) is 5.11. The highest BCUT2D eigenvalue weighted by atomic mass is 35.5. The summed E-state index contributed by atoms with van der Waals surface area (Å²) in [7, 11) is 0. The lowest BCUT2D eigenvalue weighted by Gasteiger charge is -2.10. The molecule has 11 heteroatoms. The highest BCUT2D eigenvalue weighted by molar-refractivity contribution is 6.32. The second-order valence-corrected chi connectivity index (χ2v) is 7.50. The SMILES string of the molecule is Nc1ccccc1NCC(=O)Nc1ccc(-n2nc(C(F)(F)F)c(Cl)c2C2CC2)nc1. The molecule has 162 valence electrons. The van der Waals surface area contributed by atoms with Crippen LogP contribution in [0.15, 0.2) is 42.6 Å². The fraction of sp³-hybridized carbons (Fsp3) is 0.250. The third-order valence-electron chi connectivity index (χ3n) is 4.74. The average Bonchev–Trinajstić information content (AvgIpc) is 3.49. The summed E-state index contributed by atoms with van der Waals surface area (Å²) < 4.78 is 40.8. The van der Waals surface area contributed by atoms with Crippen LogP contribution in [-0.4, -0.2) is 27.2 Å². The standard InChI is InChI=1S/C20H18ClF3N6O/c21-17-18(11-5-6-11)30(29-19(17)20(22,23)24)15-8-7-12(9-27-15)28-16(31)10-26-14-4-2-1-3-13(14)25/h1-4,7-9,11,26H,5-6,10,25H2,(H,28,31). The number of nitrogens with two attached hydrogens (primary N) is 1. The lowest BCUT2D eigenvalue weighted by molar-refractivity contribution is -0.141. The molecule has 7 nitrogen and oxygen atoms in total. The first-order valence-electron chi connectivity index (χ1n) is 9.44. The lowest BCUT2D eigenvalue weighted by Crippen LogP contribution is -2.22. The van der Waals surface area contributed by atoms with Crippen LogP contribution in [-0.2, 0) is 11.0 Å². The van der Waals surface area contributed by atoms with Gasteiger partial charge in [0, 0.05) is 5.92 Å². The Morgan fingerprint density at radius 1 is 1.23 bits per heavy atom. The molecular weight excluding hydrogens is 433 g/mol. The Hall–Kier alpha value is -3.27. The van der Waals surface area contributed by atoms with E-state index in [-0.39, 0.29) is 29.2 Å². The van der Waals surface area contributed by atoms with Gasteiger partial charge in [0.15, 0.2) is 11.5 Å². The number of carbonyl (C=O) groups excluding carboxylic acids is 1. The number of nitrogen functional groups attached to an aromatic ring is 1. The Kier molecular flexibility index (Phi) is 5.48. The fourth-order valence-electron chi connectivity index (χ4n) is 3.10. The predicted molar refractivity (Wildman–Crippen MR) is 111 cm³/mol. The number of aromatic nitrogens is 3. The van der Waals surface area contributed by atoms with Crippen LogP contribution in [0.5, 0.6) is 0 Å². The monoisotopic (exact) mass is 450 g/mol. The van der Waals surface area contributed by atoms with Gasteiger partial charge < -0.3 is 16.4 Å². The number of halogens is 4. The molecule has 4 rings (SSSR count). The van der Waals surface area contributed by atoms with Crippen LogP contribution < -0.4 is 16.4 Å². The summed E-state index contributed by atoms with van der Waals surface area (Å²) in [6, 6.07) is 10.1. The molecule has 0 radical (unpaired) electrons. The summed E-state index contributed by atoms with van der Waals surface area (Å²) in [4.78, 5) is 16.3. The topological polar surface area (TPSA) is 97.9 Å². The van der Waals surface area contributed by atoms with E-state index in [1.54, 1.807) is 24.3 Å². The molecule has 2 aromatic heterocycles. The van der Waals surface area contributed by atoms with Crippen LogP contribution in [0.3, 0.4) is 0 Å². The predicted octanol–water partition coefficient (Wildman–Crippen LogP) is 4.45. The van der Waals surface area contributed by atoms with Crippen molar-refractivity contribution in [1.29, 1.82) is 0 Å². The van der Waals surface area contributed by atoms with E-state index in [1.165, 1.54) is 18.3 Å². The summed E-state index contributed by atoms with van der Waals surface area (Å²) in [5.74, 6) is -0.223. The lowest BCUT2D eigenvalue weighted by atomic mass is 10.2. The van der Waals surface area contributed by atoms with Gasteiger partial charge in [0.05, 0.1) is 40.5 Å². The molecule has 0 atom stereocenters. The van der Waals surface area contributed by atoms with Crippen molar-refractivity contribution in [1.82, 2.24) is 14.8 Å². The van der Waals surface area contributed by atoms with E-state index in [1.807, 2.05) is 0 Å². The largest absolute Gasteiger partial charge is 0.436 e. The first-order chi connectivity index (χ1) is 14.7. The number of hydrogen-bond donors (Lipinski definition) is 3. The molecule has 31 heavy (non-hydrogen) atoms. The van der Waals surface area contributed by atoms with Crippen molar-refractivity contribution >= 4 is 34.6 Å². The van der Waals surface area contributed by atoms with Gasteiger partial charge in [-0.3, -0.25) is 4.79 Å². The number of hydrogen-bond acceptors (Lipinski definition) is 5. The zero-order valence-corrected chi connectivity index (χ0v) is 16.8. The van der Waals surface area contributed by atoms with Gasteiger partial charge in [-0.2, -0.15) is 18.3 Å². The van der Waals surface area contributed by atoms with E-state index < -0.39 is 11.9 Å². The quantitative estimate of drug-likeness (QED) is 0.482. The molecule has 1 saturated carbocycles. The first-order valence-corrected chi connectivity index (χ1v) is 9.82. The molecule has 3 aromatic rings. The van der Waals surface area contributed by atoms with Gasteiger partial charge in [-0.25, -0.2) is 9.67 Å². The summed E-state index contributed by atoms with van der Waals surface area (Å²) in [6.07, 6.45) is -1.82. The van der Waals surface area contributed by atoms with E-state index in [0.717, 1.165) is 17.5 Å². The molecule has 0 spiro atoms. The van der Waals surface area contributed by atoms with Gasteiger partial charge in [-0.15, -0.1) is 0 Å². The van der Waals surface area contributed by atoms with Crippen molar-refractivity contribution < 1.29 is 18.0 Å². The Balaban J connectivity index is 1.47. The van der Waals surface area contributed by atoms with Crippen molar-refractivity contribution in [2.45, 2.75) is 24.9 Å². The van der Waals surface area contributed by atoms with E-state index in [0.29, 0.717) is 22.8 Å². The minimum absolute atomic E-state index is 0.0223. The average molecular weight is 451 g/mol. The third kappa shape index (κ3) is 4.58. The number of nitrogens with one attached hydrogen (secondary N) is 2. The van der Waals surface area contributed by atoms with Crippen molar-refractivity contribution in [3.05, 3.63) is 59.0 Å². The molecule has 0 bridgehead atoms. The summed E-state index contributed by atoms with van der Waals surface area (Å²) in [6.45, 7) is -0.0223. The molecule has 1 fully saturated rings. The first kappa shape index (κ1) is 21.0. The maximum absolute atomic E-state index is 13.2. The molecule has 2 heterocycles. The maximum atomic E-state index is 13.2. The van der Waals surface area contributed by atoms with Gasteiger partial charge in [-0.05, 0) is 37.1 Å². The molecular formula is C20H18ClF3N6O. The summed E-state index contributed by atoms with van der Waals surface area (Å²) in [5.41, 5.74) is 6.54. The number of rotatable bonds is 6. The number of carbonyl (C=O) groups is 1. The van der Waals surface area contributed by atoms with Crippen molar-refractivity contribution in [3.8, 4) is 5.82 Å². The van der Waals surface area contributed by atoms with Gasteiger partial charge in [0.25, 0.3) is 0 Å². The zero-order chi connectivity index (χ0) is 22.2. The van der Waals surface area contributed by atoms with Gasteiger partial charge >= 0.3 is 6.18 Å². The molecule has 0 unspecified atom stereocenters. The number of anilines is 3. The normalized spacial score (nSPS) is 13.8. The Morgan fingerprint density at radius 2 is 1.97 bits per heavy atom. The number of alkyl halides is 3. The Morgan fingerprint density at radius 3 is 2.58 bits per heavy atom. The molecule has 4 N–H and O–H groups in total. The highest BCUT2D eigenvalue weighted by Gasteiger charge is 2.42. The molecule has 0 saturated heterocycles. The van der Waals surface area contributed by atoms with Crippen LogP contribution in [0.25, 0.3) is 5.82 Å². The maximum Gasteiger partial charge on any atom is 0.436 e. The number of amides is 1. The van der Waals surface area contributed by atoms with Crippen molar-refractivity contribution in [3.63, 3.8) is 0 Å².